The van der Waals surface area contributed by atoms with Crippen molar-refractivity contribution in [2.24, 2.45) is 0 Å². The van der Waals surface area contributed by atoms with Gasteiger partial charge in [-0.3, -0.25) is 0 Å². The van der Waals surface area contributed by atoms with E-state index in [1.165, 1.54) is 0 Å². The second-order valence-electron chi connectivity index (χ2n) is 2.52. The minimum atomic E-state index is -2.59. The van der Waals surface area contributed by atoms with Crippen LogP contribution in [0, 0.1) is 0 Å². The zero-order valence-electron chi connectivity index (χ0n) is 6.33. The highest BCUT2D eigenvalue weighted by molar-refractivity contribution is 4.88. The molecule has 0 bridgehead atoms. The summed E-state index contributed by atoms with van der Waals surface area (Å²) in [6.07, 6.45) is 1.04. The Kier molecular flexibility index (Phi) is 2.16. The Morgan fingerprint density at radius 3 is 2.36 bits per heavy atom. The van der Waals surface area contributed by atoms with Crippen LogP contribution >= 0.6 is 0 Å². The summed E-state index contributed by atoms with van der Waals surface area (Å²) in [7, 11) is 0. The SMILES string of the molecule is CC(C)c1ncn(C(F)F)n1. The van der Waals surface area contributed by atoms with Gasteiger partial charge in [0.2, 0.25) is 0 Å². The number of hydrogen-bond donors (Lipinski definition) is 0. The molecular weight excluding hydrogens is 152 g/mol. The molecule has 62 valence electrons. The van der Waals surface area contributed by atoms with Crippen molar-refractivity contribution >= 4 is 0 Å². The van der Waals surface area contributed by atoms with Crippen molar-refractivity contribution in [3.63, 3.8) is 0 Å². The maximum absolute atomic E-state index is 11.9. The first-order valence-electron chi connectivity index (χ1n) is 3.30. The van der Waals surface area contributed by atoms with Gasteiger partial charge in [0.1, 0.15) is 6.33 Å². The lowest BCUT2D eigenvalue weighted by molar-refractivity contribution is 0.0558. The summed E-state index contributed by atoms with van der Waals surface area (Å²) in [4.78, 5) is 3.71. The van der Waals surface area contributed by atoms with Crippen LogP contribution in [-0.2, 0) is 0 Å². The summed E-state index contributed by atoms with van der Waals surface area (Å²) in [5, 5.41) is 3.56. The molecule has 0 spiro atoms. The van der Waals surface area contributed by atoms with Gasteiger partial charge in [0.25, 0.3) is 0 Å². The molecule has 11 heavy (non-hydrogen) atoms. The lowest BCUT2D eigenvalue weighted by Gasteiger charge is -1.96. The van der Waals surface area contributed by atoms with Crippen molar-refractivity contribution in [1.82, 2.24) is 14.8 Å². The molecule has 0 N–H and O–H groups in total. The predicted octanol–water partition coefficient (Wildman–Crippen LogP) is 1.80. The van der Waals surface area contributed by atoms with Crippen LogP contribution in [0.25, 0.3) is 0 Å². The Morgan fingerprint density at radius 1 is 1.45 bits per heavy atom. The number of rotatable bonds is 2. The first kappa shape index (κ1) is 8.10. The summed E-state index contributed by atoms with van der Waals surface area (Å²) in [6, 6.07) is 0. The van der Waals surface area contributed by atoms with E-state index in [0.29, 0.717) is 10.5 Å². The van der Waals surface area contributed by atoms with E-state index in [4.69, 9.17) is 0 Å². The molecule has 0 radical (unpaired) electrons. The Bertz CT molecular complexity index is 209. The monoisotopic (exact) mass is 161 g/mol. The lowest BCUT2D eigenvalue weighted by Crippen LogP contribution is -1.99. The molecule has 1 aromatic heterocycles. The normalized spacial score (nSPS) is 11.5. The molecule has 0 aliphatic carbocycles. The van der Waals surface area contributed by atoms with Crippen molar-refractivity contribution < 1.29 is 8.78 Å². The van der Waals surface area contributed by atoms with E-state index in [9.17, 15) is 8.78 Å². The Morgan fingerprint density at radius 2 is 2.09 bits per heavy atom. The number of halogens is 2. The van der Waals surface area contributed by atoms with E-state index in [-0.39, 0.29) is 5.92 Å². The third-order valence-electron chi connectivity index (χ3n) is 1.24. The molecular formula is C6H9F2N3. The zero-order valence-corrected chi connectivity index (χ0v) is 6.33. The van der Waals surface area contributed by atoms with Crippen LogP contribution < -0.4 is 0 Å². The molecule has 0 unspecified atom stereocenters. The van der Waals surface area contributed by atoms with Crippen LogP contribution in [0.4, 0.5) is 8.78 Å². The molecule has 0 atom stereocenters. The number of hydrogen-bond acceptors (Lipinski definition) is 2. The minimum absolute atomic E-state index is 0.0926. The number of aromatic nitrogens is 3. The molecule has 0 saturated heterocycles. The minimum Gasteiger partial charge on any atom is -0.220 e. The highest BCUT2D eigenvalue weighted by atomic mass is 19.3. The summed E-state index contributed by atoms with van der Waals surface area (Å²) in [5.74, 6) is 0.542. The topological polar surface area (TPSA) is 30.7 Å². The molecule has 3 nitrogen and oxygen atoms in total. The molecule has 1 aromatic rings. The van der Waals surface area contributed by atoms with Gasteiger partial charge < -0.3 is 0 Å². The Hall–Kier alpha value is -1.00. The highest BCUT2D eigenvalue weighted by Crippen LogP contribution is 2.11. The fourth-order valence-electron chi connectivity index (χ4n) is 0.647. The summed E-state index contributed by atoms with van der Waals surface area (Å²) in [5.41, 5.74) is 0. The molecule has 1 heterocycles. The third-order valence-corrected chi connectivity index (χ3v) is 1.24. The van der Waals surface area contributed by atoms with E-state index >= 15 is 0 Å². The fraction of sp³-hybridized carbons (Fsp3) is 0.667. The summed E-state index contributed by atoms with van der Waals surface area (Å²) < 4.78 is 24.4. The quantitative estimate of drug-likeness (QED) is 0.662. The molecule has 1 rings (SSSR count). The Labute approximate surface area is 63.0 Å². The van der Waals surface area contributed by atoms with Crippen LogP contribution in [0.1, 0.15) is 32.1 Å². The Balaban J connectivity index is 2.82. The van der Waals surface area contributed by atoms with Gasteiger partial charge in [-0.15, -0.1) is 0 Å². The van der Waals surface area contributed by atoms with Crippen LogP contribution in [0.15, 0.2) is 6.33 Å². The fourth-order valence-corrected chi connectivity index (χ4v) is 0.647. The van der Waals surface area contributed by atoms with Crippen molar-refractivity contribution in [3.8, 4) is 0 Å². The van der Waals surface area contributed by atoms with Gasteiger partial charge in [-0.25, -0.2) is 4.98 Å². The first-order valence-corrected chi connectivity index (χ1v) is 3.30. The van der Waals surface area contributed by atoms with Gasteiger partial charge in [-0.2, -0.15) is 18.6 Å². The maximum atomic E-state index is 11.9. The van der Waals surface area contributed by atoms with E-state index < -0.39 is 6.55 Å². The molecule has 5 heteroatoms. The third kappa shape index (κ3) is 1.72. The van der Waals surface area contributed by atoms with Crippen LogP contribution in [-0.4, -0.2) is 14.8 Å². The molecule has 0 fully saturated rings. The average molecular weight is 161 g/mol. The number of alkyl halides is 2. The van der Waals surface area contributed by atoms with E-state index in [1.807, 2.05) is 13.8 Å². The molecule has 0 saturated carbocycles. The predicted molar refractivity (Wildman–Crippen MR) is 35.4 cm³/mol. The first-order chi connectivity index (χ1) is 5.11. The van der Waals surface area contributed by atoms with E-state index in [2.05, 4.69) is 10.1 Å². The standard InChI is InChI=1S/C6H9F2N3/c1-4(2)5-9-3-11(10-5)6(7)8/h3-4,6H,1-2H3. The van der Waals surface area contributed by atoms with E-state index in [0.717, 1.165) is 6.33 Å². The second-order valence-corrected chi connectivity index (χ2v) is 2.52. The molecule has 0 aliphatic rings. The molecule has 0 aliphatic heterocycles. The van der Waals surface area contributed by atoms with Crippen LogP contribution in [0.5, 0.6) is 0 Å². The molecule has 0 amide bonds. The van der Waals surface area contributed by atoms with Gasteiger partial charge in [0.05, 0.1) is 0 Å². The zero-order chi connectivity index (χ0) is 8.43. The maximum Gasteiger partial charge on any atom is 0.334 e. The van der Waals surface area contributed by atoms with Crippen LogP contribution in [0.2, 0.25) is 0 Å². The lowest BCUT2D eigenvalue weighted by atomic mass is 10.2. The van der Waals surface area contributed by atoms with E-state index in [1.54, 1.807) is 0 Å². The average Bonchev–Trinajstić information content (AvgIpc) is 2.33. The van der Waals surface area contributed by atoms with Gasteiger partial charge in [-0.1, -0.05) is 13.8 Å². The smallest absolute Gasteiger partial charge is 0.220 e. The van der Waals surface area contributed by atoms with Gasteiger partial charge in [-0.05, 0) is 0 Å². The van der Waals surface area contributed by atoms with Crippen molar-refractivity contribution in [3.05, 3.63) is 12.2 Å². The van der Waals surface area contributed by atoms with Crippen LogP contribution in [0.3, 0.4) is 0 Å². The van der Waals surface area contributed by atoms with Gasteiger partial charge in [0, 0.05) is 5.92 Å². The number of nitrogens with zero attached hydrogens (tertiary/aromatic N) is 3. The van der Waals surface area contributed by atoms with Crippen molar-refractivity contribution in [2.45, 2.75) is 26.3 Å². The second kappa shape index (κ2) is 2.94. The summed E-state index contributed by atoms with van der Waals surface area (Å²) >= 11 is 0. The van der Waals surface area contributed by atoms with Crippen molar-refractivity contribution in [1.29, 1.82) is 0 Å². The highest BCUT2D eigenvalue weighted by Gasteiger charge is 2.10. The largest absolute Gasteiger partial charge is 0.334 e. The van der Waals surface area contributed by atoms with Gasteiger partial charge in [0.15, 0.2) is 5.82 Å². The van der Waals surface area contributed by atoms with Crippen molar-refractivity contribution in [2.75, 3.05) is 0 Å². The molecule has 0 aromatic carbocycles. The van der Waals surface area contributed by atoms with Gasteiger partial charge >= 0.3 is 6.55 Å². The summed E-state index contributed by atoms with van der Waals surface area (Å²) in [6.45, 7) is 1.12.